The topological polar surface area (TPSA) is 46.2 Å². The van der Waals surface area contributed by atoms with Crippen molar-refractivity contribution >= 4 is 26.0 Å². The van der Waals surface area contributed by atoms with Crippen LogP contribution in [0.4, 0.5) is 0 Å². The first kappa shape index (κ1) is 14.8. The van der Waals surface area contributed by atoms with Gasteiger partial charge in [0, 0.05) is 11.4 Å². The molecule has 3 nitrogen and oxygen atoms in total. The molecular weight excluding hydrogens is 314 g/mol. The minimum Gasteiger partial charge on any atom is -0.215 e. The van der Waals surface area contributed by atoms with Crippen molar-refractivity contribution in [2.75, 3.05) is 12.3 Å². The normalized spacial score (nSPS) is 30.7. The average molecular weight is 338 g/mol. The highest BCUT2D eigenvalue weighted by atomic mass is 79.9. The molecule has 18 heavy (non-hydrogen) atoms. The summed E-state index contributed by atoms with van der Waals surface area (Å²) < 4.78 is 26.8. The molecule has 5 heteroatoms. The third-order valence-corrected chi connectivity index (χ3v) is 6.60. The highest BCUT2D eigenvalue weighted by Crippen LogP contribution is 2.30. The minimum atomic E-state index is -3.05. The summed E-state index contributed by atoms with van der Waals surface area (Å²) in [7, 11) is -3.05. The van der Waals surface area contributed by atoms with E-state index in [0.717, 1.165) is 25.7 Å². The zero-order valence-electron chi connectivity index (χ0n) is 10.9. The second-order valence-electron chi connectivity index (χ2n) is 5.91. The SMILES string of the molecule is O=S(=O)(CC1CCCCC1)NCC1CCC(Br)C1. The first-order chi connectivity index (χ1) is 8.55. The van der Waals surface area contributed by atoms with Gasteiger partial charge in [-0.05, 0) is 43.9 Å². The van der Waals surface area contributed by atoms with Crippen LogP contribution in [-0.4, -0.2) is 25.5 Å². The third kappa shape index (κ3) is 4.82. The van der Waals surface area contributed by atoms with Crippen molar-refractivity contribution in [2.24, 2.45) is 11.8 Å². The van der Waals surface area contributed by atoms with Crippen molar-refractivity contribution in [1.82, 2.24) is 4.72 Å². The highest BCUT2D eigenvalue weighted by Gasteiger charge is 2.25. The number of rotatable bonds is 5. The number of sulfonamides is 1. The van der Waals surface area contributed by atoms with Crippen molar-refractivity contribution in [2.45, 2.75) is 56.2 Å². The van der Waals surface area contributed by atoms with Gasteiger partial charge in [0.05, 0.1) is 5.75 Å². The average Bonchev–Trinajstić information content (AvgIpc) is 2.74. The van der Waals surface area contributed by atoms with Gasteiger partial charge in [-0.15, -0.1) is 0 Å². The second kappa shape index (κ2) is 6.71. The van der Waals surface area contributed by atoms with Crippen LogP contribution in [0.2, 0.25) is 0 Å². The largest absolute Gasteiger partial charge is 0.215 e. The molecule has 2 unspecified atom stereocenters. The lowest BCUT2D eigenvalue weighted by molar-refractivity contribution is 0.383. The van der Waals surface area contributed by atoms with Gasteiger partial charge in [-0.3, -0.25) is 0 Å². The van der Waals surface area contributed by atoms with Crippen LogP contribution < -0.4 is 4.72 Å². The van der Waals surface area contributed by atoms with Crippen LogP contribution in [-0.2, 0) is 10.0 Å². The molecule has 0 spiro atoms. The van der Waals surface area contributed by atoms with E-state index in [2.05, 4.69) is 20.7 Å². The van der Waals surface area contributed by atoms with E-state index in [0.29, 0.717) is 29.0 Å². The molecule has 0 amide bonds. The van der Waals surface area contributed by atoms with E-state index < -0.39 is 10.0 Å². The summed E-state index contributed by atoms with van der Waals surface area (Å²) in [6.45, 7) is 0.636. The summed E-state index contributed by atoms with van der Waals surface area (Å²) in [5, 5.41) is 0. The summed E-state index contributed by atoms with van der Waals surface area (Å²) in [6.07, 6.45) is 9.28. The molecule has 0 saturated heterocycles. The summed E-state index contributed by atoms with van der Waals surface area (Å²) in [5.74, 6) is 1.26. The van der Waals surface area contributed by atoms with Crippen molar-refractivity contribution in [1.29, 1.82) is 0 Å². The van der Waals surface area contributed by atoms with Crippen LogP contribution in [0.1, 0.15) is 51.4 Å². The van der Waals surface area contributed by atoms with E-state index in [1.165, 1.54) is 25.7 Å². The maximum Gasteiger partial charge on any atom is 0.211 e. The van der Waals surface area contributed by atoms with E-state index >= 15 is 0 Å². The third-order valence-electron chi connectivity index (χ3n) is 4.25. The Morgan fingerprint density at radius 3 is 2.33 bits per heavy atom. The first-order valence-electron chi connectivity index (χ1n) is 7.16. The predicted octanol–water partition coefficient (Wildman–Crippen LogP) is 3.05. The molecule has 0 aromatic rings. The fourth-order valence-corrected chi connectivity index (χ4v) is 5.52. The van der Waals surface area contributed by atoms with E-state index in [1.807, 2.05) is 0 Å². The number of nitrogens with one attached hydrogen (secondary N) is 1. The molecule has 2 fully saturated rings. The van der Waals surface area contributed by atoms with Gasteiger partial charge in [-0.1, -0.05) is 35.2 Å². The van der Waals surface area contributed by atoms with Gasteiger partial charge in [0.2, 0.25) is 10.0 Å². The number of hydrogen-bond donors (Lipinski definition) is 1. The molecule has 0 aromatic heterocycles. The van der Waals surface area contributed by atoms with Crippen LogP contribution >= 0.6 is 15.9 Å². The van der Waals surface area contributed by atoms with E-state index in [9.17, 15) is 8.42 Å². The van der Waals surface area contributed by atoms with Crippen LogP contribution in [0, 0.1) is 11.8 Å². The van der Waals surface area contributed by atoms with E-state index in [-0.39, 0.29) is 0 Å². The van der Waals surface area contributed by atoms with Crippen molar-refractivity contribution in [3.05, 3.63) is 0 Å². The molecule has 2 aliphatic carbocycles. The highest BCUT2D eigenvalue weighted by molar-refractivity contribution is 9.09. The maximum absolute atomic E-state index is 12.0. The zero-order valence-corrected chi connectivity index (χ0v) is 13.3. The molecule has 2 rings (SSSR count). The molecule has 0 radical (unpaired) electrons. The van der Waals surface area contributed by atoms with Gasteiger partial charge >= 0.3 is 0 Å². The van der Waals surface area contributed by atoms with E-state index in [1.54, 1.807) is 0 Å². The Balaban J connectivity index is 1.73. The van der Waals surface area contributed by atoms with E-state index in [4.69, 9.17) is 0 Å². The lowest BCUT2D eigenvalue weighted by Gasteiger charge is -2.21. The standard InChI is InChI=1S/C13H24BrNO2S/c14-13-7-6-12(8-13)9-15-18(16,17)10-11-4-2-1-3-5-11/h11-13,15H,1-10H2. The monoisotopic (exact) mass is 337 g/mol. The van der Waals surface area contributed by atoms with Crippen molar-refractivity contribution in [3.8, 4) is 0 Å². The Morgan fingerprint density at radius 2 is 1.72 bits per heavy atom. The molecule has 1 N–H and O–H groups in total. The van der Waals surface area contributed by atoms with Crippen LogP contribution in [0.3, 0.4) is 0 Å². The molecule has 0 heterocycles. The fraction of sp³-hybridized carbons (Fsp3) is 1.00. The fourth-order valence-electron chi connectivity index (χ4n) is 3.17. The maximum atomic E-state index is 12.0. The molecule has 2 atom stereocenters. The summed E-state index contributed by atoms with van der Waals surface area (Å²) in [4.78, 5) is 0.588. The Bertz CT molecular complexity index is 352. The Kier molecular flexibility index (Phi) is 5.51. The van der Waals surface area contributed by atoms with Gasteiger partial charge in [0.25, 0.3) is 0 Å². The van der Waals surface area contributed by atoms with Crippen LogP contribution in [0.15, 0.2) is 0 Å². The predicted molar refractivity (Wildman–Crippen MR) is 78.4 cm³/mol. The number of halogens is 1. The second-order valence-corrected chi connectivity index (χ2v) is 9.06. The van der Waals surface area contributed by atoms with Crippen LogP contribution in [0.5, 0.6) is 0 Å². The van der Waals surface area contributed by atoms with Gasteiger partial charge in [0.1, 0.15) is 0 Å². The Morgan fingerprint density at radius 1 is 1.00 bits per heavy atom. The van der Waals surface area contributed by atoms with Gasteiger partial charge in [-0.25, -0.2) is 13.1 Å². The lowest BCUT2D eigenvalue weighted by Crippen LogP contribution is -2.33. The molecule has 0 aromatic carbocycles. The molecule has 106 valence electrons. The summed E-state index contributed by atoms with van der Waals surface area (Å²) in [6, 6.07) is 0. The lowest BCUT2D eigenvalue weighted by atomic mass is 9.91. The summed E-state index contributed by atoms with van der Waals surface area (Å²) in [5.41, 5.74) is 0. The summed E-state index contributed by atoms with van der Waals surface area (Å²) >= 11 is 3.60. The van der Waals surface area contributed by atoms with Crippen LogP contribution in [0.25, 0.3) is 0 Å². The first-order valence-corrected chi connectivity index (χ1v) is 9.73. The number of hydrogen-bond acceptors (Lipinski definition) is 2. The zero-order chi connectivity index (χ0) is 13.0. The molecule has 0 bridgehead atoms. The molecular formula is C13H24BrNO2S. The van der Waals surface area contributed by atoms with Gasteiger partial charge in [0.15, 0.2) is 0 Å². The van der Waals surface area contributed by atoms with Crippen molar-refractivity contribution in [3.63, 3.8) is 0 Å². The number of alkyl halides is 1. The minimum absolute atomic E-state index is 0.345. The molecule has 2 saturated carbocycles. The van der Waals surface area contributed by atoms with Gasteiger partial charge < -0.3 is 0 Å². The smallest absolute Gasteiger partial charge is 0.211 e. The molecule has 0 aliphatic heterocycles. The molecule has 2 aliphatic rings. The quantitative estimate of drug-likeness (QED) is 0.783. The van der Waals surface area contributed by atoms with Gasteiger partial charge in [-0.2, -0.15) is 0 Å². The Hall–Kier alpha value is 0.390. The Labute approximate surface area is 119 Å². The van der Waals surface area contributed by atoms with Crippen molar-refractivity contribution < 1.29 is 8.42 Å².